The molecule has 0 amide bonds. The molecule has 1 N–H and O–H groups in total. The number of nitrogens with zero attached hydrogens (tertiary/aromatic N) is 3. The van der Waals surface area contributed by atoms with Gasteiger partial charge in [-0.15, -0.1) is 0 Å². The van der Waals surface area contributed by atoms with Gasteiger partial charge >= 0.3 is 0 Å². The molecule has 0 aliphatic rings. The number of aromatic nitrogens is 2. The highest BCUT2D eigenvalue weighted by Crippen LogP contribution is 2.38. The normalized spacial score (nSPS) is 11.4. The molecule has 0 aliphatic carbocycles. The van der Waals surface area contributed by atoms with E-state index in [2.05, 4.69) is 10.1 Å². The summed E-state index contributed by atoms with van der Waals surface area (Å²) >= 11 is 6.21. The van der Waals surface area contributed by atoms with Gasteiger partial charge in [0, 0.05) is 29.8 Å². The third-order valence-corrected chi connectivity index (χ3v) is 5.67. The summed E-state index contributed by atoms with van der Waals surface area (Å²) in [4.78, 5) is 28.8. The Labute approximate surface area is 205 Å². The van der Waals surface area contributed by atoms with Crippen LogP contribution < -0.4 is 15.0 Å². The predicted octanol–water partition coefficient (Wildman–Crippen LogP) is 5.55. The summed E-state index contributed by atoms with van der Waals surface area (Å²) < 4.78 is 12.1. The van der Waals surface area contributed by atoms with Crippen LogP contribution in [0.3, 0.4) is 0 Å². The molecule has 4 aromatic rings. The van der Waals surface area contributed by atoms with Crippen LogP contribution in [0.2, 0.25) is 5.02 Å². The van der Waals surface area contributed by atoms with E-state index < -0.39 is 4.92 Å². The van der Waals surface area contributed by atoms with Gasteiger partial charge in [-0.3, -0.25) is 20.0 Å². The Morgan fingerprint density at radius 3 is 2.29 bits per heavy atom. The number of H-pyrrole nitrogens is 1. The lowest BCUT2D eigenvalue weighted by Gasteiger charge is -2.10. The first kappa shape index (κ1) is 23.8. The van der Waals surface area contributed by atoms with E-state index in [1.807, 2.05) is 30.3 Å². The molecule has 1 aromatic heterocycles. The van der Waals surface area contributed by atoms with Crippen molar-refractivity contribution in [3.8, 4) is 28.4 Å². The zero-order valence-electron chi connectivity index (χ0n) is 19.1. The lowest BCUT2D eigenvalue weighted by molar-refractivity contribution is -0.384. The molecule has 0 spiro atoms. The summed E-state index contributed by atoms with van der Waals surface area (Å²) in [6, 6.07) is 18.3. The second kappa shape index (κ2) is 9.86. The van der Waals surface area contributed by atoms with E-state index in [9.17, 15) is 14.9 Å². The number of rotatable bonds is 7. The van der Waals surface area contributed by atoms with Gasteiger partial charge in [0.25, 0.3) is 11.2 Å². The number of hydrogen-bond acceptors (Lipinski definition) is 6. The number of methoxy groups -OCH3 is 2. The fourth-order valence-corrected chi connectivity index (χ4v) is 3.89. The maximum absolute atomic E-state index is 13.6. The fourth-order valence-electron chi connectivity index (χ4n) is 3.66. The number of nitro groups is 1. The molecular formula is C25H21ClN4O5. The second-order valence-corrected chi connectivity index (χ2v) is 7.90. The van der Waals surface area contributed by atoms with Gasteiger partial charge in [-0.2, -0.15) is 0 Å². The lowest BCUT2D eigenvalue weighted by Crippen LogP contribution is -2.19. The van der Waals surface area contributed by atoms with Crippen LogP contribution in [-0.2, 0) is 0 Å². The van der Waals surface area contributed by atoms with Gasteiger partial charge in [0.05, 0.1) is 46.8 Å². The van der Waals surface area contributed by atoms with Crippen molar-refractivity contribution in [2.75, 3.05) is 14.2 Å². The van der Waals surface area contributed by atoms with Crippen LogP contribution >= 0.6 is 11.6 Å². The van der Waals surface area contributed by atoms with E-state index in [0.717, 1.165) is 5.56 Å². The minimum absolute atomic E-state index is 0.0709. The zero-order chi connectivity index (χ0) is 25.1. The Hall–Kier alpha value is -4.37. The van der Waals surface area contributed by atoms with Gasteiger partial charge in [0.2, 0.25) is 0 Å². The first-order valence-corrected chi connectivity index (χ1v) is 10.8. The second-order valence-electron chi connectivity index (χ2n) is 7.50. The molecule has 35 heavy (non-hydrogen) atoms. The monoisotopic (exact) mass is 492 g/mol. The standard InChI is InChI=1S/C25H21ClN4O5/c1-15(27-20-14-21(34-2)19(26)13-22(20)35-3)23-24(16-7-5-4-6-8-16)28-29(25(23)31)17-9-11-18(12-10-17)30(32)33/h4-14,28H,1-3H3. The van der Waals surface area contributed by atoms with Gasteiger partial charge < -0.3 is 9.47 Å². The van der Waals surface area contributed by atoms with Crippen LogP contribution in [0, 0.1) is 10.1 Å². The summed E-state index contributed by atoms with van der Waals surface area (Å²) in [5, 5.41) is 14.5. The molecule has 4 rings (SSSR count). The Morgan fingerprint density at radius 1 is 1.03 bits per heavy atom. The topological polar surface area (TPSA) is 112 Å². The molecule has 0 saturated heterocycles. The molecule has 0 fully saturated rings. The maximum atomic E-state index is 13.6. The van der Waals surface area contributed by atoms with Gasteiger partial charge in [-0.25, -0.2) is 9.67 Å². The van der Waals surface area contributed by atoms with Crippen molar-refractivity contribution < 1.29 is 14.4 Å². The highest BCUT2D eigenvalue weighted by molar-refractivity contribution is 6.32. The van der Waals surface area contributed by atoms with Crippen LogP contribution in [0.4, 0.5) is 11.4 Å². The molecule has 0 atom stereocenters. The molecule has 10 heteroatoms. The number of non-ortho nitro benzene ring substituents is 1. The largest absolute Gasteiger partial charge is 0.495 e. The SMILES string of the molecule is COc1cc(N=C(C)c2c(-c3ccccc3)[nH]n(-c3ccc([N+](=O)[O-])cc3)c2=O)c(OC)cc1Cl. The molecule has 178 valence electrons. The van der Waals surface area contributed by atoms with Crippen molar-refractivity contribution in [2.24, 2.45) is 4.99 Å². The van der Waals surface area contributed by atoms with E-state index in [0.29, 0.717) is 44.9 Å². The van der Waals surface area contributed by atoms with Crippen molar-refractivity contribution in [2.45, 2.75) is 6.92 Å². The number of hydrogen-bond donors (Lipinski definition) is 1. The predicted molar refractivity (Wildman–Crippen MR) is 135 cm³/mol. The molecule has 9 nitrogen and oxygen atoms in total. The number of halogens is 1. The Morgan fingerprint density at radius 2 is 1.69 bits per heavy atom. The Kier molecular flexibility index (Phi) is 6.70. The summed E-state index contributed by atoms with van der Waals surface area (Å²) in [6.45, 7) is 1.72. The third-order valence-electron chi connectivity index (χ3n) is 5.38. The fraction of sp³-hybridized carbons (Fsp3) is 0.120. The number of benzene rings is 3. The third kappa shape index (κ3) is 4.67. The molecular weight excluding hydrogens is 472 g/mol. The van der Waals surface area contributed by atoms with Crippen molar-refractivity contribution in [3.63, 3.8) is 0 Å². The lowest BCUT2D eigenvalue weighted by atomic mass is 10.1. The van der Waals surface area contributed by atoms with Crippen LogP contribution in [0.25, 0.3) is 16.9 Å². The molecule has 0 radical (unpaired) electrons. The number of aromatic amines is 1. The first-order valence-electron chi connectivity index (χ1n) is 10.5. The van der Waals surface area contributed by atoms with Gasteiger partial charge in [0.1, 0.15) is 17.2 Å². The Balaban J connectivity index is 1.91. The van der Waals surface area contributed by atoms with Crippen molar-refractivity contribution >= 4 is 28.7 Å². The number of ether oxygens (including phenoxy) is 2. The summed E-state index contributed by atoms with van der Waals surface area (Å²) in [5.74, 6) is 0.835. The van der Waals surface area contributed by atoms with Crippen LogP contribution in [-0.4, -0.2) is 34.6 Å². The van der Waals surface area contributed by atoms with Gasteiger partial charge in [-0.1, -0.05) is 41.9 Å². The molecule has 0 saturated carbocycles. The first-order chi connectivity index (χ1) is 16.8. The quantitative estimate of drug-likeness (QED) is 0.206. The van der Waals surface area contributed by atoms with Crippen molar-refractivity contribution in [3.05, 3.63) is 97.8 Å². The van der Waals surface area contributed by atoms with Crippen LogP contribution in [0.1, 0.15) is 12.5 Å². The zero-order valence-corrected chi connectivity index (χ0v) is 19.9. The minimum atomic E-state index is -0.493. The van der Waals surface area contributed by atoms with E-state index in [4.69, 9.17) is 21.1 Å². The van der Waals surface area contributed by atoms with E-state index in [1.165, 1.54) is 43.2 Å². The van der Waals surface area contributed by atoms with E-state index in [1.54, 1.807) is 19.1 Å². The maximum Gasteiger partial charge on any atom is 0.280 e. The van der Waals surface area contributed by atoms with Crippen LogP contribution in [0.5, 0.6) is 11.5 Å². The van der Waals surface area contributed by atoms with E-state index in [-0.39, 0.29) is 11.2 Å². The smallest absolute Gasteiger partial charge is 0.280 e. The van der Waals surface area contributed by atoms with Gasteiger partial charge in [0.15, 0.2) is 0 Å². The van der Waals surface area contributed by atoms with Gasteiger partial charge in [-0.05, 0) is 19.1 Å². The van der Waals surface area contributed by atoms with Crippen molar-refractivity contribution in [1.29, 1.82) is 0 Å². The Bertz CT molecular complexity index is 1470. The average molecular weight is 493 g/mol. The molecule has 3 aromatic carbocycles. The molecule has 1 heterocycles. The molecule has 0 unspecified atom stereocenters. The van der Waals surface area contributed by atoms with Crippen molar-refractivity contribution in [1.82, 2.24) is 9.78 Å². The number of nitro benzene ring substituents is 1. The number of aliphatic imine (C=N–C) groups is 1. The summed E-state index contributed by atoms with van der Waals surface area (Å²) in [6.07, 6.45) is 0. The highest BCUT2D eigenvalue weighted by atomic mass is 35.5. The highest BCUT2D eigenvalue weighted by Gasteiger charge is 2.20. The summed E-state index contributed by atoms with van der Waals surface area (Å²) in [7, 11) is 3.00. The summed E-state index contributed by atoms with van der Waals surface area (Å²) in [5.41, 5.74) is 2.54. The van der Waals surface area contributed by atoms with Crippen LogP contribution in [0.15, 0.2) is 76.5 Å². The van der Waals surface area contributed by atoms with E-state index >= 15 is 0 Å². The molecule has 0 bridgehead atoms. The minimum Gasteiger partial charge on any atom is -0.495 e. The molecule has 0 aliphatic heterocycles. The number of nitrogens with one attached hydrogen (secondary N) is 1. The average Bonchev–Trinajstić information content (AvgIpc) is 3.22.